The summed E-state index contributed by atoms with van der Waals surface area (Å²) >= 11 is 6.10. The molecule has 0 spiro atoms. The second kappa shape index (κ2) is 8.05. The van der Waals surface area contributed by atoms with Crippen molar-refractivity contribution >= 4 is 29.3 Å². The molecule has 1 aliphatic heterocycles. The topological polar surface area (TPSA) is 67.4 Å². The molecule has 29 heavy (non-hydrogen) atoms. The summed E-state index contributed by atoms with van der Waals surface area (Å²) in [7, 11) is 0. The molecule has 0 saturated carbocycles. The molecular formula is C21H18ClFN4O2. The van der Waals surface area contributed by atoms with Gasteiger partial charge in [0.1, 0.15) is 11.6 Å². The smallest absolute Gasteiger partial charge is 0.328 e. The van der Waals surface area contributed by atoms with E-state index in [1.807, 2.05) is 24.3 Å². The van der Waals surface area contributed by atoms with Crippen molar-refractivity contribution in [2.75, 3.05) is 23.4 Å². The fraction of sp³-hybridized carbons (Fsp3) is 0.190. The summed E-state index contributed by atoms with van der Waals surface area (Å²) in [5, 5.41) is 3.31. The third-order valence-electron chi connectivity index (χ3n) is 4.53. The SMILES string of the molecule is Cc1cc(NC(=O)N2CCCOc3ccc(-c4cccc(Cl)c4)nc32)ncc1F. The molecule has 1 N–H and O–H groups in total. The van der Waals surface area contributed by atoms with Gasteiger partial charge in [0, 0.05) is 17.1 Å². The lowest BCUT2D eigenvalue weighted by Crippen LogP contribution is -2.36. The van der Waals surface area contributed by atoms with Gasteiger partial charge >= 0.3 is 6.03 Å². The number of amides is 2. The zero-order valence-electron chi connectivity index (χ0n) is 15.7. The Morgan fingerprint density at radius 1 is 1.28 bits per heavy atom. The van der Waals surface area contributed by atoms with E-state index in [0.29, 0.717) is 47.4 Å². The first-order chi connectivity index (χ1) is 14.0. The lowest BCUT2D eigenvalue weighted by molar-refractivity contribution is 0.256. The van der Waals surface area contributed by atoms with Gasteiger partial charge in [0.2, 0.25) is 0 Å². The molecule has 1 aliphatic rings. The Morgan fingerprint density at radius 3 is 2.93 bits per heavy atom. The van der Waals surface area contributed by atoms with Crippen LogP contribution in [0.4, 0.5) is 20.8 Å². The van der Waals surface area contributed by atoms with E-state index in [1.54, 1.807) is 19.1 Å². The number of nitrogens with zero attached hydrogens (tertiary/aromatic N) is 3. The maximum Gasteiger partial charge on any atom is 0.328 e. The Bertz CT molecular complexity index is 1080. The Hall–Kier alpha value is -3.19. The van der Waals surface area contributed by atoms with E-state index in [-0.39, 0.29) is 5.82 Å². The van der Waals surface area contributed by atoms with Crippen LogP contribution in [0.2, 0.25) is 5.02 Å². The Labute approximate surface area is 172 Å². The van der Waals surface area contributed by atoms with Crippen LogP contribution in [-0.4, -0.2) is 29.2 Å². The average Bonchev–Trinajstić information content (AvgIpc) is 2.92. The molecule has 2 aromatic heterocycles. The number of rotatable bonds is 2. The molecule has 148 valence electrons. The molecule has 0 unspecified atom stereocenters. The summed E-state index contributed by atoms with van der Waals surface area (Å²) in [6.45, 7) is 2.51. The van der Waals surface area contributed by atoms with Gasteiger partial charge in [0.05, 0.1) is 18.5 Å². The molecule has 6 nitrogen and oxygen atoms in total. The first-order valence-corrected chi connectivity index (χ1v) is 9.49. The molecular weight excluding hydrogens is 395 g/mol. The predicted molar refractivity (Wildman–Crippen MR) is 110 cm³/mol. The number of aryl methyl sites for hydroxylation is 1. The molecule has 4 rings (SSSR count). The van der Waals surface area contributed by atoms with Crippen LogP contribution in [0.25, 0.3) is 11.3 Å². The first-order valence-electron chi connectivity index (χ1n) is 9.12. The number of nitrogens with one attached hydrogen (secondary N) is 1. The van der Waals surface area contributed by atoms with Crippen LogP contribution in [-0.2, 0) is 0 Å². The van der Waals surface area contributed by atoms with E-state index in [0.717, 1.165) is 11.8 Å². The predicted octanol–water partition coefficient (Wildman–Crippen LogP) is 5.07. The number of fused-ring (bicyclic) bond motifs is 1. The zero-order chi connectivity index (χ0) is 20.4. The average molecular weight is 413 g/mol. The minimum atomic E-state index is -0.427. The molecule has 8 heteroatoms. The van der Waals surface area contributed by atoms with Crippen LogP contribution in [0.1, 0.15) is 12.0 Å². The van der Waals surface area contributed by atoms with Crippen LogP contribution < -0.4 is 15.0 Å². The number of urea groups is 1. The molecule has 3 heterocycles. The third-order valence-corrected chi connectivity index (χ3v) is 4.76. The highest BCUT2D eigenvalue weighted by Gasteiger charge is 2.25. The largest absolute Gasteiger partial charge is 0.490 e. The number of ether oxygens (including phenoxy) is 1. The van der Waals surface area contributed by atoms with Crippen molar-refractivity contribution in [3.05, 3.63) is 65.1 Å². The van der Waals surface area contributed by atoms with Crippen LogP contribution >= 0.6 is 11.6 Å². The fourth-order valence-electron chi connectivity index (χ4n) is 3.04. The third kappa shape index (κ3) is 4.14. The van der Waals surface area contributed by atoms with E-state index in [1.165, 1.54) is 11.0 Å². The van der Waals surface area contributed by atoms with Crippen LogP contribution in [0.3, 0.4) is 0 Å². The molecule has 0 fully saturated rings. The van der Waals surface area contributed by atoms with Gasteiger partial charge in [0.15, 0.2) is 11.6 Å². The Kier molecular flexibility index (Phi) is 5.31. The summed E-state index contributed by atoms with van der Waals surface area (Å²) in [6.07, 6.45) is 1.73. The number of aromatic nitrogens is 2. The van der Waals surface area contributed by atoms with E-state index in [4.69, 9.17) is 16.3 Å². The zero-order valence-corrected chi connectivity index (χ0v) is 16.4. The van der Waals surface area contributed by atoms with E-state index in [2.05, 4.69) is 15.3 Å². The summed E-state index contributed by atoms with van der Waals surface area (Å²) in [5.74, 6) is 0.777. The Morgan fingerprint density at radius 2 is 2.14 bits per heavy atom. The maximum atomic E-state index is 13.5. The molecule has 0 bridgehead atoms. The van der Waals surface area contributed by atoms with Crippen molar-refractivity contribution in [1.29, 1.82) is 0 Å². The van der Waals surface area contributed by atoms with Crippen molar-refractivity contribution in [2.24, 2.45) is 0 Å². The summed E-state index contributed by atoms with van der Waals surface area (Å²) in [5.41, 5.74) is 1.90. The molecule has 2 amide bonds. The van der Waals surface area contributed by atoms with Gasteiger partial charge < -0.3 is 4.74 Å². The second-order valence-electron chi connectivity index (χ2n) is 6.63. The Balaban J connectivity index is 1.67. The molecule has 1 aromatic carbocycles. The first kappa shape index (κ1) is 19.1. The van der Waals surface area contributed by atoms with Crippen molar-refractivity contribution in [1.82, 2.24) is 9.97 Å². The molecule has 0 saturated heterocycles. The summed E-state index contributed by atoms with van der Waals surface area (Å²) in [6, 6.07) is 12.0. The summed E-state index contributed by atoms with van der Waals surface area (Å²) in [4.78, 5) is 23.0. The molecule has 0 aliphatic carbocycles. The van der Waals surface area contributed by atoms with Gasteiger partial charge in [-0.15, -0.1) is 0 Å². The number of anilines is 2. The van der Waals surface area contributed by atoms with E-state index < -0.39 is 11.8 Å². The van der Waals surface area contributed by atoms with Gasteiger partial charge in [-0.2, -0.15) is 0 Å². The molecule has 0 radical (unpaired) electrons. The van der Waals surface area contributed by atoms with Crippen LogP contribution in [0.15, 0.2) is 48.7 Å². The second-order valence-corrected chi connectivity index (χ2v) is 7.07. The van der Waals surface area contributed by atoms with Gasteiger partial charge in [-0.05, 0) is 49.2 Å². The normalized spacial score (nSPS) is 13.3. The van der Waals surface area contributed by atoms with Gasteiger partial charge in [-0.3, -0.25) is 10.2 Å². The molecule has 0 atom stereocenters. The van der Waals surface area contributed by atoms with Crippen molar-refractivity contribution < 1.29 is 13.9 Å². The van der Waals surface area contributed by atoms with Crippen molar-refractivity contribution in [2.45, 2.75) is 13.3 Å². The monoisotopic (exact) mass is 412 g/mol. The van der Waals surface area contributed by atoms with Crippen LogP contribution in [0, 0.1) is 12.7 Å². The highest BCUT2D eigenvalue weighted by Crippen LogP contribution is 2.33. The number of hydrogen-bond acceptors (Lipinski definition) is 4. The minimum Gasteiger partial charge on any atom is -0.490 e. The highest BCUT2D eigenvalue weighted by molar-refractivity contribution is 6.30. The minimum absolute atomic E-state index is 0.270. The van der Waals surface area contributed by atoms with Gasteiger partial charge in [-0.25, -0.2) is 19.2 Å². The number of carbonyl (C=O) groups is 1. The number of pyridine rings is 2. The number of carbonyl (C=O) groups excluding carboxylic acids is 1. The number of halogens is 2. The van der Waals surface area contributed by atoms with Crippen LogP contribution in [0.5, 0.6) is 5.75 Å². The van der Waals surface area contributed by atoms with Crippen molar-refractivity contribution in [3.63, 3.8) is 0 Å². The van der Waals surface area contributed by atoms with Gasteiger partial charge in [-0.1, -0.05) is 23.7 Å². The van der Waals surface area contributed by atoms with Gasteiger partial charge in [0.25, 0.3) is 0 Å². The van der Waals surface area contributed by atoms with Crippen molar-refractivity contribution in [3.8, 4) is 17.0 Å². The van der Waals surface area contributed by atoms with E-state index in [9.17, 15) is 9.18 Å². The molecule has 3 aromatic rings. The number of benzene rings is 1. The number of hydrogen-bond donors (Lipinski definition) is 1. The lowest BCUT2D eigenvalue weighted by atomic mass is 10.1. The lowest BCUT2D eigenvalue weighted by Gasteiger charge is -2.21. The quantitative estimate of drug-likeness (QED) is 0.638. The summed E-state index contributed by atoms with van der Waals surface area (Å²) < 4.78 is 19.2. The fourth-order valence-corrected chi connectivity index (χ4v) is 3.23. The maximum absolute atomic E-state index is 13.5. The highest BCUT2D eigenvalue weighted by atomic mass is 35.5. The van der Waals surface area contributed by atoms with E-state index >= 15 is 0 Å². The standard InChI is InChI=1S/C21H18ClFN4O2/c1-13-10-19(24-12-16(13)23)26-21(28)27-8-3-9-29-18-7-6-17(25-20(18)27)14-4-2-5-15(22)11-14/h2,4-7,10-12H,3,8-9H2,1H3,(H,24,26,28).